The van der Waals surface area contributed by atoms with Crippen LogP contribution in [0.2, 0.25) is 0 Å². The van der Waals surface area contributed by atoms with Crippen molar-refractivity contribution in [3.8, 4) is 0 Å². The first-order chi connectivity index (χ1) is 6.09. The SMILES string of the molecule is Cc1nc(N)c2c(F)c(C)nn2n1. The minimum atomic E-state index is -0.461. The largest absolute Gasteiger partial charge is 0.382 e. The second-order valence-electron chi connectivity index (χ2n) is 2.78. The Hall–Kier alpha value is -1.72. The van der Waals surface area contributed by atoms with Crippen molar-refractivity contribution < 1.29 is 4.39 Å². The van der Waals surface area contributed by atoms with E-state index in [-0.39, 0.29) is 17.0 Å². The number of nitrogens with zero attached hydrogens (tertiary/aromatic N) is 4. The highest BCUT2D eigenvalue weighted by Crippen LogP contribution is 2.16. The fourth-order valence-corrected chi connectivity index (χ4v) is 1.17. The van der Waals surface area contributed by atoms with Gasteiger partial charge in [-0.1, -0.05) is 0 Å². The molecule has 5 nitrogen and oxygen atoms in total. The molecular formula is C7H8FN5. The predicted molar refractivity (Wildman–Crippen MR) is 44.6 cm³/mol. The summed E-state index contributed by atoms with van der Waals surface area (Å²) in [5, 5.41) is 7.74. The predicted octanol–water partition coefficient (Wildman–Crippen LogP) is 0.462. The average molecular weight is 181 g/mol. The zero-order chi connectivity index (χ0) is 9.59. The number of hydrogen-bond acceptors (Lipinski definition) is 4. The highest BCUT2D eigenvalue weighted by atomic mass is 19.1. The van der Waals surface area contributed by atoms with Crippen LogP contribution in [0.25, 0.3) is 5.52 Å². The van der Waals surface area contributed by atoms with E-state index in [0.717, 1.165) is 0 Å². The van der Waals surface area contributed by atoms with Gasteiger partial charge in [0, 0.05) is 0 Å². The van der Waals surface area contributed by atoms with Crippen LogP contribution in [0.4, 0.5) is 10.2 Å². The number of halogens is 1. The molecule has 0 aliphatic heterocycles. The van der Waals surface area contributed by atoms with E-state index in [0.29, 0.717) is 5.82 Å². The van der Waals surface area contributed by atoms with E-state index >= 15 is 0 Å². The van der Waals surface area contributed by atoms with Crippen molar-refractivity contribution in [1.29, 1.82) is 0 Å². The quantitative estimate of drug-likeness (QED) is 0.641. The Labute approximate surface area is 73.4 Å². The van der Waals surface area contributed by atoms with Crippen molar-refractivity contribution in [2.75, 3.05) is 5.73 Å². The van der Waals surface area contributed by atoms with Crippen LogP contribution in [0.15, 0.2) is 0 Å². The Morgan fingerprint density at radius 1 is 1.31 bits per heavy atom. The Morgan fingerprint density at radius 2 is 2.00 bits per heavy atom. The lowest BCUT2D eigenvalue weighted by Gasteiger charge is -1.96. The number of aryl methyl sites for hydroxylation is 2. The molecule has 0 spiro atoms. The van der Waals surface area contributed by atoms with Crippen LogP contribution in [0, 0.1) is 19.7 Å². The molecule has 6 heteroatoms. The summed E-state index contributed by atoms with van der Waals surface area (Å²) in [6.07, 6.45) is 0. The first kappa shape index (κ1) is 7.90. The molecule has 2 heterocycles. The van der Waals surface area contributed by atoms with Crippen molar-refractivity contribution in [1.82, 2.24) is 19.8 Å². The van der Waals surface area contributed by atoms with Crippen LogP contribution in [-0.4, -0.2) is 19.8 Å². The van der Waals surface area contributed by atoms with Gasteiger partial charge in [-0.2, -0.15) is 5.10 Å². The van der Waals surface area contributed by atoms with E-state index in [1.165, 1.54) is 4.63 Å². The number of aromatic nitrogens is 4. The highest BCUT2D eigenvalue weighted by Gasteiger charge is 2.13. The van der Waals surface area contributed by atoms with Gasteiger partial charge >= 0.3 is 0 Å². The molecule has 2 aromatic rings. The molecule has 13 heavy (non-hydrogen) atoms. The summed E-state index contributed by atoms with van der Waals surface area (Å²) < 4.78 is 14.5. The van der Waals surface area contributed by atoms with Gasteiger partial charge in [0.1, 0.15) is 5.82 Å². The minimum absolute atomic E-state index is 0.116. The molecule has 2 aromatic heterocycles. The van der Waals surface area contributed by atoms with Crippen molar-refractivity contribution in [3.63, 3.8) is 0 Å². The Bertz CT molecular complexity index is 475. The molecule has 68 valence electrons. The molecule has 2 rings (SSSR count). The molecule has 0 saturated carbocycles. The molecule has 0 aliphatic carbocycles. The number of rotatable bonds is 0. The molecule has 0 aromatic carbocycles. The Morgan fingerprint density at radius 3 is 2.69 bits per heavy atom. The second-order valence-corrected chi connectivity index (χ2v) is 2.78. The van der Waals surface area contributed by atoms with E-state index in [9.17, 15) is 4.39 Å². The summed E-state index contributed by atoms with van der Waals surface area (Å²) >= 11 is 0. The molecule has 0 aliphatic rings. The summed E-state index contributed by atoms with van der Waals surface area (Å²) in [4.78, 5) is 3.84. The smallest absolute Gasteiger partial charge is 0.177 e. The van der Waals surface area contributed by atoms with Gasteiger partial charge in [-0.15, -0.1) is 9.73 Å². The number of nitrogens with two attached hydrogens (primary N) is 1. The number of nitrogen functional groups attached to an aromatic ring is 1. The van der Waals surface area contributed by atoms with Gasteiger partial charge in [0.05, 0.1) is 5.69 Å². The van der Waals surface area contributed by atoms with E-state index in [1.54, 1.807) is 13.8 Å². The maximum absolute atomic E-state index is 13.3. The molecule has 0 unspecified atom stereocenters. The average Bonchev–Trinajstić information content (AvgIpc) is 2.27. The van der Waals surface area contributed by atoms with E-state index in [1.807, 2.05) is 0 Å². The van der Waals surface area contributed by atoms with Crippen LogP contribution in [0.1, 0.15) is 11.5 Å². The van der Waals surface area contributed by atoms with Gasteiger partial charge in [0.25, 0.3) is 0 Å². The van der Waals surface area contributed by atoms with E-state index in [4.69, 9.17) is 5.73 Å². The molecule has 2 N–H and O–H groups in total. The van der Waals surface area contributed by atoms with E-state index in [2.05, 4.69) is 15.2 Å². The van der Waals surface area contributed by atoms with E-state index < -0.39 is 5.82 Å². The fraction of sp³-hybridized carbons (Fsp3) is 0.286. The van der Waals surface area contributed by atoms with Gasteiger partial charge < -0.3 is 5.73 Å². The molecule has 0 saturated heterocycles. The summed E-state index contributed by atoms with van der Waals surface area (Å²) in [6.45, 7) is 3.23. The summed E-state index contributed by atoms with van der Waals surface area (Å²) in [5.41, 5.74) is 5.93. The zero-order valence-corrected chi connectivity index (χ0v) is 7.24. The number of fused-ring (bicyclic) bond motifs is 1. The van der Waals surface area contributed by atoms with Crippen LogP contribution < -0.4 is 5.73 Å². The monoisotopic (exact) mass is 181 g/mol. The van der Waals surface area contributed by atoms with Crippen molar-refractivity contribution in [2.45, 2.75) is 13.8 Å². The lowest BCUT2D eigenvalue weighted by Crippen LogP contribution is -2.04. The normalized spacial score (nSPS) is 11.0. The molecule has 0 atom stereocenters. The maximum Gasteiger partial charge on any atom is 0.177 e. The lowest BCUT2D eigenvalue weighted by molar-refractivity contribution is 0.629. The fourth-order valence-electron chi connectivity index (χ4n) is 1.17. The molecule has 0 amide bonds. The Kier molecular flexibility index (Phi) is 1.45. The summed E-state index contributed by atoms with van der Waals surface area (Å²) in [5.74, 6) is 0.121. The van der Waals surface area contributed by atoms with Gasteiger partial charge in [-0.3, -0.25) is 0 Å². The highest BCUT2D eigenvalue weighted by molar-refractivity contribution is 5.65. The maximum atomic E-state index is 13.3. The third-order valence-corrected chi connectivity index (χ3v) is 1.73. The van der Waals surface area contributed by atoms with Crippen molar-refractivity contribution in [3.05, 3.63) is 17.3 Å². The molecule has 0 fully saturated rings. The van der Waals surface area contributed by atoms with Crippen molar-refractivity contribution >= 4 is 11.3 Å². The lowest BCUT2D eigenvalue weighted by atomic mass is 10.4. The first-order valence-corrected chi connectivity index (χ1v) is 3.75. The molecular weight excluding hydrogens is 173 g/mol. The van der Waals surface area contributed by atoms with Crippen LogP contribution in [0.5, 0.6) is 0 Å². The molecule has 0 bridgehead atoms. The number of hydrogen-bond donors (Lipinski definition) is 1. The minimum Gasteiger partial charge on any atom is -0.382 e. The van der Waals surface area contributed by atoms with Crippen LogP contribution in [-0.2, 0) is 0 Å². The zero-order valence-electron chi connectivity index (χ0n) is 7.24. The standard InChI is InChI=1S/C7H8FN5/c1-3-5(8)6-7(9)10-4(2)12-13(6)11-3/h1-2H3,(H2,9,10,12). The Balaban J connectivity index is 2.94. The first-order valence-electron chi connectivity index (χ1n) is 3.75. The van der Waals surface area contributed by atoms with Gasteiger partial charge in [0.2, 0.25) is 0 Å². The van der Waals surface area contributed by atoms with Gasteiger partial charge in [-0.25, -0.2) is 9.37 Å². The molecule has 0 radical (unpaired) electrons. The third kappa shape index (κ3) is 1.02. The third-order valence-electron chi connectivity index (χ3n) is 1.73. The van der Waals surface area contributed by atoms with Crippen LogP contribution >= 0.6 is 0 Å². The topological polar surface area (TPSA) is 69.1 Å². The summed E-state index contributed by atoms with van der Waals surface area (Å²) in [6, 6.07) is 0. The van der Waals surface area contributed by atoms with Gasteiger partial charge in [0.15, 0.2) is 17.2 Å². The van der Waals surface area contributed by atoms with Crippen molar-refractivity contribution in [2.24, 2.45) is 0 Å². The van der Waals surface area contributed by atoms with Crippen LogP contribution in [0.3, 0.4) is 0 Å². The number of anilines is 1. The van der Waals surface area contributed by atoms with Gasteiger partial charge in [-0.05, 0) is 13.8 Å². The summed E-state index contributed by atoms with van der Waals surface area (Å²) in [7, 11) is 0. The second kappa shape index (κ2) is 2.38.